The summed E-state index contributed by atoms with van der Waals surface area (Å²) in [5.41, 5.74) is 3.45. The minimum Gasteiger partial charge on any atom is -0.337 e. The molecule has 0 unspecified atom stereocenters. The Kier molecular flexibility index (Phi) is 2.26. The molecule has 1 aromatic carbocycles. The van der Waals surface area contributed by atoms with Gasteiger partial charge in [0.1, 0.15) is 0 Å². The van der Waals surface area contributed by atoms with Crippen molar-refractivity contribution in [1.82, 2.24) is 30.2 Å². The molecule has 0 fully saturated rings. The predicted octanol–water partition coefficient (Wildman–Crippen LogP) is 2.51. The molecule has 4 rings (SSSR count). The number of nitrogens with zero attached hydrogens (tertiary/aromatic N) is 5. The van der Waals surface area contributed by atoms with E-state index in [-0.39, 0.29) is 0 Å². The monoisotopic (exact) mass is 266 g/mol. The molecule has 1 N–H and O–H groups in total. The highest BCUT2D eigenvalue weighted by Crippen LogP contribution is 2.28. The van der Waals surface area contributed by atoms with Crippen LogP contribution in [-0.4, -0.2) is 30.2 Å². The van der Waals surface area contributed by atoms with Crippen LogP contribution in [-0.2, 0) is 6.54 Å². The van der Waals surface area contributed by atoms with E-state index < -0.39 is 0 Å². The van der Waals surface area contributed by atoms with Gasteiger partial charge in [-0.05, 0) is 12.0 Å². The summed E-state index contributed by atoms with van der Waals surface area (Å²) in [5, 5.41) is 18.8. The molecule has 0 bridgehead atoms. The number of benzene rings is 1. The van der Waals surface area contributed by atoms with Gasteiger partial charge in [-0.3, -0.25) is 0 Å². The quantitative estimate of drug-likeness (QED) is 0.566. The van der Waals surface area contributed by atoms with Gasteiger partial charge in [0.05, 0.1) is 10.9 Å². The van der Waals surface area contributed by atoms with Gasteiger partial charge in [-0.25, -0.2) is 4.68 Å². The number of pyridine rings is 1. The van der Waals surface area contributed by atoms with Crippen LogP contribution in [0.2, 0.25) is 0 Å². The Labute approximate surface area is 114 Å². The van der Waals surface area contributed by atoms with Gasteiger partial charge in [0.15, 0.2) is 5.65 Å². The molecule has 3 aromatic heterocycles. The molecule has 0 aliphatic rings. The SMILES string of the molecule is CC(C)Cn1nnc2nnc3[nH]c4ccccc4c1c23. The van der Waals surface area contributed by atoms with E-state index in [1.165, 1.54) is 0 Å². The second-order valence-corrected chi connectivity index (χ2v) is 5.43. The molecule has 0 amide bonds. The molecule has 0 aliphatic heterocycles. The average molecular weight is 266 g/mol. The predicted molar refractivity (Wildman–Crippen MR) is 77.3 cm³/mol. The fraction of sp³-hybridized carbons (Fsp3) is 0.286. The molecular weight excluding hydrogens is 252 g/mol. The van der Waals surface area contributed by atoms with E-state index in [1.54, 1.807) is 0 Å². The van der Waals surface area contributed by atoms with E-state index in [9.17, 15) is 0 Å². The van der Waals surface area contributed by atoms with Gasteiger partial charge < -0.3 is 4.98 Å². The third-order valence-corrected chi connectivity index (χ3v) is 3.42. The van der Waals surface area contributed by atoms with Crippen molar-refractivity contribution in [2.45, 2.75) is 20.4 Å². The third-order valence-electron chi connectivity index (χ3n) is 3.42. The second-order valence-electron chi connectivity index (χ2n) is 5.43. The van der Waals surface area contributed by atoms with Crippen molar-refractivity contribution in [2.75, 3.05) is 0 Å². The standard InChI is InChI=1S/C14H14N6/c1-8(2)7-20-12-9-5-3-4-6-10(9)15-13-11(12)14(17-16-13)18-19-20/h3-6,8H,7H2,1-2H3,(H,15,16,17). The Morgan fingerprint density at radius 2 is 2.00 bits per heavy atom. The molecule has 0 atom stereocenters. The van der Waals surface area contributed by atoms with Crippen molar-refractivity contribution in [1.29, 1.82) is 0 Å². The van der Waals surface area contributed by atoms with Gasteiger partial charge >= 0.3 is 0 Å². The highest BCUT2D eigenvalue weighted by molar-refractivity contribution is 6.14. The summed E-state index contributed by atoms with van der Waals surface area (Å²) in [6, 6.07) is 8.16. The Hall–Kier alpha value is -2.50. The number of aromatic amines is 1. The van der Waals surface area contributed by atoms with Gasteiger partial charge in [0, 0.05) is 17.4 Å². The summed E-state index contributed by atoms with van der Waals surface area (Å²) in [5.74, 6) is 0.490. The lowest BCUT2D eigenvalue weighted by molar-refractivity contribution is 0.475. The first-order valence-electron chi connectivity index (χ1n) is 6.70. The lowest BCUT2D eigenvalue weighted by atomic mass is 10.1. The fourth-order valence-corrected chi connectivity index (χ4v) is 2.62. The van der Waals surface area contributed by atoms with Crippen LogP contribution in [0.4, 0.5) is 0 Å². The zero-order valence-electron chi connectivity index (χ0n) is 11.3. The number of hydrogen-bond donors (Lipinski definition) is 1. The number of nitrogens with one attached hydrogen (secondary N) is 1. The first kappa shape index (κ1) is 11.3. The maximum absolute atomic E-state index is 4.30. The Morgan fingerprint density at radius 3 is 2.85 bits per heavy atom. The van der Waals surface area contributed by atoms with Crippen LogP contribution in [0, 0.1) is 5.92 Å². The van der Waals surface area contributed by atoms with Crippen molar-refractivity contribution < 1.29 is 0 Å². The maximum atomic E-state index is 4.30. The van der Waals surface area contributed by atoms with Crippen molar-refractivity contribution >= 4 is 33.1 Å². The Morgan fingerprint density at radius 1 is 1.15 bits per heavy atom. The van der Waals surface area contributed by atoms with Gasteiger partial charge in [0.2, 0.25) is 5.65 Å². The first-order chi connectivity index (χ1) is 9.74. The molecular formula is C14H14N6. The molecule has 100 valence electrons. The minimum atomic E-state index is 0.490. The van der Waals surface area contributed by atoms with E-state index in [2.05, 4.69) is 45.4 Å². The van der Waals surface area contributed by atoms with Gasteiger partial charge in [-0.15, -0.1) is 15.3 Å². The lowest BCUT2D eigenvalue weighted by Gasteiger charge is -2.12. The van der Waals surface area contributed by atoms with Crippen molar-refractivity contribution in [3.05, 3.63) is 24.3 Å². The maximum Gasteiger partial charge on any atom is 0.211 e. The largest absolute Gasteiger partial charge is 0.337 e. The van der Waals surface area contributed by atoms with Crippen LogP contribution in [0.5, 0.6) is 0 Å². The second kappa shape index (κ2) is 4.00. The first-order valence-corrected chi connectivity index (χ1v) is 6.70. The Balaban J connectivity index is 2.23. The highest BCUT2D eigenvalue weighted by atomic mass is 15.4. The summed E-state index contributed by atoms with van der Waals surface area (Å²) in [4.78, 5) is 3.31. The molecule has 0 saturated heterocycles. The number of aromatic nitrogens is 6. The van der Waals surface area contributed by atoms with E-state index in [0.717, 1.165) is 34.0 Å². The summed E-state index contributed by atoms with van der Waals surface area (Å²) < 4.78 is 1.96. The van der Waals surface area contributed by atoms with E-state index in [0.29, 0.717) is 11.6 Å². The van der Waals surface area contributed by atoms with Gasteiger partial charge in [0.25, 0.3) is 0 Å². The molecule has 0 spiro atoms. The molecule has 0 radical (unpaired) electrons. The normalized spacial score (nSPS) is 12.2. The van der Waals surface area contributed by atoms with Crippen molar-refractivity contribution in [3.8, 4) is 0 Å². The summed E-state index contributed by atoms with van der Waals surface area (Å²) in [6.45, 7) is 5.15. The Bertz CT molecular complexity index is 917. The summed E-state index contributed by atoms with van der Waals surface area (Å²) >= 11 is 0. The fourth-order valence-electron chi connectivity index (χ4n) is 2.62. The molecule has 6 nitrogen and oxygen atoms in total. The zero-order valence-corrected chi connectivity index (χ0v) is 11.3. The van der Waals surface area contributed by atoms with Crippen LogP contribution < -0.4 is 0 Å². The van der Waals surface area contributed by atoms with Gasteiger partial charge in [-0.1, -0.05) is 37.3 Å². The van der Waals surface area contributed by atoms with Crippen LogP contribution in [0.15, 0.2) is 24.3 Å². The van der Waals surface area contributed by atoms with Crippen molar-refractivity contribution in [2.24, 2.45) is 5.92 Å². The van der Waals surface area contributed by atoms with Crippen LogP contribution in [0.3, 0.4) is 0 Å². The number of hydrogen-bond acceptors (Lipinski definition) is 4. The van der Waals surface area contributed by atoms with Crippen LogP contribution in [0.1, 0.15) is 13.8 Å². The summed E-state index contributed by atoms with van der Waals surface area (Å²) in [7, 11) is 0. The average Bonchev–Trinajstić information content (AvgIpc) is 2.84. The lowest BCUT2D eigenvalue weighted by Crippen LogP contribution is -2.12. The van der Waals surface area contributed by atoms with Crippen LogP contribution in [0.25, 0.3) is 33.1 Å². The van der Waals surface area contributed by atoms with E-state index >= 15 is 0 Å². The number of para-hydroxylation sites is 1. The van der Waals surface area contributed by atoms with E-state index in [4.69, 9.17) is 0 Å². The topological polar surface area (TPSA) is 72.3 Å². The number of fused-ring (bicyclic) bond motifs is 2. The molecule has 0 aliphatic carbocycles. The zero-order chi connectivity index (χ0) is 13.7. The minimum absolute atomic E-state index is 0.490. The molecule has 6 heteroatoms. The smallest absolute Gasteiger partial charge is 0.211 e. The molecule has 20 heavy (non-hydrogen) atoms. The number of H-pyrrole nitrogens is 1. The number of rotatable bonds is 2. The third kappa shape index (κ3) is 1.51. The highest BCUT2D eigenvalue weighted by Gasteiger charge is 2.16. The summed E-state index contributed by atoms with van der Waals surface area (Å²) in [6.07, 6.45) is 0. The van der Waals surface area contributed by atoms with Gasteiger partial charge in [-0.2, -0.15) is 0 Å². The molecule has 0 saturated carbocycles. The molecule has 4 aromatic rings. The molecule has 3 heterocycles. The van der Waals surface area contributed by atoms with Crippen molar-refractivity contribution in [3.63, 3.8) is 0 Å². The van der Waals surface area contributed by atoms with E-state index in [1.807, 2.05) is 22.9 Å². The van der Waals surface area contributed by atoms with Crippen LogP contribution >= 0.6 is 0 Å².